The number of halogens is 2. The molecule has 0 saturated carbocycles. The van der Waals surface area contributed by atoms with E-state index >= 15 is 0 Å². The number of methoxy groups -OCH3 is 1. The Morgan fingerprint density at radius 2 is 1.95 bits per heavy atom. The number of carbonyl (C=O) groups is 1. The second kappa shape index (κ2) is 7.42. The fourth-order valence-electron chi connectivity index (χ4n) is 1.66. The van der Waals surface area contributed by atoms with E-state index in [0.29, 0.717) is 21.3 Å². The first kappa shape index (κ1) is 16.5. The molecule has 0 radical (unpaired) electrons. The molecule has 0 fully saturated rings. The SMILES string of the molecule is COc1cc(/C=N\NC(=O)c2ccc(Br)cc2)cc(Br)c1O. The van der Waals surface area contributed by atoms with Crippen LogP contribution in [-0.4, -0.2) is 24.3 Å². The van der Waals surface area contributed by atoms with Crippen LogP contribution >= 0.6 is 31.9 Å². The molecule has 2 N–H and O–H groups in total. The van der Waals surface area contributed by atoms with E-state index in [1.54, 1.807) is 36.4 Å². The smallest absolute Gasteiger partial charge is 0.271 e. The number of ether oxygens (including phenoxy) is 1. The Hall–Kier alpha value is -1.86. The van der Waals surface area contributed by atoms with Crippen LogP contribution in [0, 0.1) is 0 Å². The molecule has 22 heavy (non-hydrogen) atoms. The van der Waals surface area contributed by atoms with Gasteiger partial charge in [-0.25, -0.2) is 5.43 Å². The second-order valence-electron chi connectivity index (χ2n) is 4.26. The number of hydrogen-bond donors (Lipinski definition) is 2. The molecule has 2 rings (SSSR count). The highest BCUT2D eigenvalue weighted by Crippen LogP contribution is 2.34. The molecule has 0 unspecified atom stereocenters. The lowest BCUT2D eigenvalue weighted by atomic mass is 10.2. The molecule has 5 nitrogen and oxygen atoms in total. The van der Waals surface area contributed by atoms with Gasteiger partial charge in [-0.1, -0.05) is 15.9 Å². The summed E-state index contributed by atoms with van der Waals surface area (Å²) in [4.78, 5) is 11.9. The van der Waals surface area contributed by atoms with Gasteiger partial charge in [-0.2, -0.15) is 5.10 Å². The van der Waals surface area contributed by atoms with Gasteiger partial charge in [-0.15, -0.1) is 0 Å². The first-order valence-corrected chi connectivity index (χ1v) is 7.75. The molecule has 0 atom stereocenters. The van der Waals surface area contributed by atoms with E-state index in [4.69, 9.17) is 4.74 Å². The van der Waals surface area contributed by atoms with Crippen LogP contribution in [0.1, 0.15) is 15.9 Å². The third-order valence-corrected chi connectivity index (χ3v) is 3.89. The van der Waals surface area contributed by atoms with E-state index in [0.717, 1.165) is 4.47 Å². The summed E-state index contributed by atoms with van der Waals surface area (Å²) in [7, 11) is 1.46. The molecule has 0 aliphatic heterocycles. The van der Waals surface area contributed by atoms with E-state index in [9.17, 15) is 9.90 Å². The van der Waals surface area contributed by atoms with Gasteiger partial charge in [0.15, 0.2) is 11.5 Å². The van der Waals surface area contributed by atoms with Crippen LogP contribution in [0.4, 0.5) is 0 Å². The van der Waals surface area contributed by atoms with Crippen molar-refractivity contribution in [3.8, 4) is 11.5 Å². The van der Waals surface area contributed by atoms with Crippen LogP contribution in [0.2, 0.25) is 0 Å². The standard InChI is InChI=1S/C15H12Br2N2O3/c1-22-13-7-9(6-12(17)14(13)20)8-18-19-15(21)10-2-4-11(16)5-3-10/h2-8,20H,1H3,(H,19,21)/b18-8-. The molecule has 1 amide bonds. The van der Waals surface area contributed by atoms with Crippen LogP contribution in [0.3, 0.4) is 0 Å². The van der Waals surface area contributed by atoms with Crippen LogP contribution in [0.15, 0.2) is 50.4 Å². The fraction of sp³-hybridized carbons (Fsp3) is 0.0667. The van der Waals surface area contributed by atoms with Crippen molar-refractivity contribution in [1.29, 1.82) is 0 Å². The predicted octanol–water partition coefficient (Wildman–Crippen LogP) is 3.69. The van der Waals surface area contributed by atoms with Gasteiger partial charge in [0.2, 0.25) is 0 Å². The Morgan fingerprint density at radius 1 is 1.27 bits per heavy atom. The number of rotatable bonds is 4. The number of hydrazone groups is 1. The number of phenolic OH excluding ortho intramolecular Hbond substituents is 1. The van der Waals surface area contributed by atoms with Gasteiger partial charge in [0.05, 0.1) is 17.8 Å². The third-order valence-electron chi connectivity index (χ3n) is 2.76. The summed E-state index contributed by atoms with van der Waals surface area (Å²) in [6.45, 7) is 0. The van der Waals surface area contributed by atoms with Crippen molar-refractivity contribution in [2.45, 2.75) is 0 Å². The lowest BCUT2D eigenvalue weighted by Gasteiger charge is -2.06. The van der Waals surface area contributed by atoms with Crippen molar-refractivity contribution in [2.75, 3.05) is 7.11 Å². The lowest BCUT2D eigenvalue weighted by molar-refractivity contribution is 0.0955. The summed E-state index contributed by atoms with van der Waals surface area (Å²) in [5, 5.41) is 13.6. The molecular weight excluding hydrogens is 416 g/mol. The molecule has 2 aromatic rings. The van der Waals surface area contributed by atoms with E-state index in [-0.39, 0.29) is 11.7 Å². The molecule has 0 spiro atoms. The van der Waals surface area contributed by atoms with Gasteiger partial charge in [-0.3, -0.25) is 4.79 Å². The van der Waals surface area contributed by atoms with Crippen LogP contribution < -0.4 is 10.2 Å². The quantitative estimate of drug-likeness (QED) is 0.577. The van der Waals surface area contributed by atoms with Gasteiger partial charge in [0.25, 0.3) is 5.91 Å². The Balaban J connectivity index is 2.08. The molecule has 114 valence electrons. The van der Waals surface area contributed by atoms with Crippen molar-refractivity contribution in [1.82, 2.24) is 5.43 Å². The van der Waals surface area contributed by atoms with E-state index < -0.39 is 0 Å². The maximum Gasteiger partial charge on any atom is 0.271 e. The highest BCUT2D eigenvalue weighted by atomic mass is 79.9. The van der Waals surface area contributed by atoms with Crippen molar-refractivity contribution >= 4 is 44.0 Å². The molecule has 7 heteroatoms. The zero-order valence-electron chi connectivity index (χ0n) is 11.5. The summed E-state index contributed by atoms with van der Waals surface area (Å²) in [5.74, 6) is 0.0159. The highest BCUT2D eigenvalue weighted by Gasteiger charge is 2.08. The maximum absolute atomic E-state index is 11.9. The Bertz CT molecular complexity index is 715. The van der Waals surface area contributed by atoms with Crippen LogP contribution in [0.5, 0.6) is 11.5 Å². The zero-order chi connectivity index (χ0) is 16.1. The normalized spacial score (nSPS) is 10.7. The molecule has 0 aliphatic rings. The van der Waals surface area contributed by atoms with Crippen molar-refractivity contribution in [2.24, 2.45) is 5.10 Å². The summed E-state index contributed by atoms with van der Waals surface area (Å²) >= 11 is 6.52. The molecule has 0 aromatic heterocycles. The second-order valence-corrected chi connectivity index (χ2v) is 6.03. The highest BCUT2D eigenvalue weighted by molar-refractivity contribution is 9.10. The number of benzene rings is 2. The molecule has 0 saturated heterocycles. The Morgan fingerprint density at radius 3 is 2.59 bits per heavy atom. The van der Waals surface area contributed by atoms with Gasteiger partial charge >= 0.3 is 0 Å². The van der Waals surface area contributed by atoms with E-state index in [1.165, 1.54) is 13.3 Å². The maximum atomic E-state index is 11.9. The average molecular weight is 428 g/mol. The number of nitrogens with one attached hydrogen (secondary N) is 1. The van der Waals surface area contributed by atoms with E-state index in [1.807, 2.05) is 0 Å². The fourth-order valence-corrected chi connectivity index (χ4v) is 2.38. The number of amides is 1. The Labute approximate surface area is 144 Å². The monoisotopic (exact) mass is 426 g/mol. The molecular formula is C15H12Br2N2O3. The topological polar surface area (TPSA) is 70.9 Å². The summed E-state index contributed by atoms with van der Waals surface area (Å²) in [6, 6.07) is 10.2. The number of phenols is 1. The minimum Gasteiger partial charge on any atom is -0.503 e. The minimum absolute atomic E-state index is 0.0125. The number of hydrogen-bond acceptors (Lipinski definition) is 4. The van der Waals surface area contributed by atoms with E-state index in [2.05, 4.69) is 42.4 Å². The van der Waals surface area contributed by atoms with Crippen LogP contribution in [0.25, 0.3) is 0 Å². The number of aromatic hydroxyl groups is 1. The predicted molar refractivity (Wildman–Crippen MR) is 91.6 cm³/mol. The van der Waals surface area contributed by atoms with Crippen LogP contribution in [-0.2, 0) is 0 Å². The summed E-state index contributed by atoms with van der Waals surface area (Å²) in [6.07, 6.45) is 1.46. The lowest BCUT2D eigenvalue weighted by Crippen LogP contribution is -2.17. The summed E-state index contributed by atoms with van der Waals surface area (Å²) < 4.78 is 6.42. The van der Waals surface area contributed by atoms with Gasteiger partial charge < -0.3 is 9.84 Å². The first-order chi connectivity index (χ1) is 10.5. The number of carbonyl (C=O) groups excluding carboxylic acids is 1. The number of nitrogens with zero attached hydrogens (tertiary/aromatic N) is 1. The molecule has 0 aliphatic carbocycles. The average Bonchev–Trinajstić information content (AvgIpc) is 2.51. The van der Waals surface area contributed by atoms with Gasteiger partial charge in [0.1, 0.15) is 0 Å². The van der Waals surface area contributed by atoms with Gasteiger partial charge in [0, 0.05) is 10.0 Å². The van der Waals surface area contributed by atoms with Crippen molar-refractivity contribution in [3.05, 3.63) is 56.5 Å². The summed E-state index contributed by atoms with van der Waals surface area (Å²) in [5.41, 5.74) is 3.60. The minimum atomic E-state index is -0.312. The van der Waals surface area contributed by atoms with Gasteiger partial charge in [-0.05, 0) is 57.9 Å². The zero-order valence-corrected chi connectivity index (χ0v) is 14.7. The molecule has 0 bridgehead atoms. The first-order valence-electron chi connectivity index (χ1n) is 6.16. The third kappa shape index (κ3) is 4.08. The molecule has 0 heterocycles. The van der Waals surface area contributed by atoms with Crippen molar-refractivity contribution in [3.63, 3.8) is 0 Å². The molecule has 2 aromatic carbocycles. The Kier molecular flexibility index (Phi) is 5.57. The largest absolute Gasteiger partial charge is 0.503 e. The van der Waals surface area contributed by atoms with Crippen molar-refractivity contribution < 1.29 is 14.6 Å².